The number of hydrogen-bond acceptors (Lipinski definition) is 8. The van der Waals surface area contributed by atoms with Gasteiger partial charge in [-0.25, -0.2) is 0 Å². The van der Waals surface area contributed by atoms with Crippen LogP contribution in [-0.2, 0) is 69.4 Å². The van der Waals surface area contributed by atoms with Crippen molar-refractivity contribution >= 4 is 97.9 Å². The first-order chi connectivity index (χ1) is 31.2. The van der Waals surface area contributed by atoms with Crippen molar-refractivity contribution in [2.45, 2.75) is 273 Å². The number of thiocarbonyl (C=S) groups is 3. The van der Waals surface area contributed by atoms with Crippen molar-refractivity contribution in [1.82, 2.24) is 14.7 Å². The Morgan fingerprint density at radius 3 is 0.530 bits per heavy atom. The molecule has 0 saturated carbocycles. The fourth-order valence-corrected chi connectivity index (χ4v) is 8.48. The smallest absolute Gasteiger partial charge is 0.411 e. The molecule has 0 aliphatic carbocycles. The van der Waals surface area contributed by atoms with Crippen molar-refractivity contribution in [3.05, 3.63) is 0 Å². The first-order valence-corrected chi connectivity index (χ1v) is 30.6. The van der Waals surface area contributed by atoms with Gasteiger partial charge in [-0.05, 0) is 38.5 Å². The van der Waals surface area contributed by atoms with Crippen molar-refractivity contribution < 1.29 is 38.6 Å². The normalized spacial score (nSPS) is 10.6. The van der Waals surface area contributed by atoms with Crippen LogP contribution in [0.25, 0.3) is 0 Å². The van der Waals surface area contributed by atoms with Gasteiger partial charge in [-0.1, -0.05) is 247 Å². The molecule has 0 amide bonds. The van der Waals surface area contributed by atoms with E-state index in [1.54, 1.807) is 0 Å². The summed E-state index contributed by atoms with van der Waals surface area (Å²) in [6, 6.07) is 0. The van der Waals surface area contributed by atoms with E-state index in [2.05, 4.69) is 56.2 Å². The molecular formula is C51H104MoN3O4S7. The average molecular weight is 1140 g/mol. The van der Waals surface area contributed by atoms with Crippen LogP contribution in [0.2, 0.25) is 0 Å². The predicted octanol–water partition coefficient (Wildman–Crippen LogP) is 16.9. The number of nitrogens with zero attached hydrogens (tertiary/aromatic N) is 3. The third kappa shape index (κ3) is 71.4. The summed E-state index contributed by atoms with van der Waals surface area (Å²) < 4.78 is 33.6. The van der Waals surface area contributed by atoms with Crippen LogP contribution < -0.4 is 0 Å². The van der Waals surface area contributed by atoms with Gasteiger partial charge in [0.2, 0.25) is 0 Å². The van der Waals surface area contributed by atoms with Gasteiger partial charge in [0.05, 0.1) is 0 Å². The van der Waals surface area contributed by atoms with Crippen molar-refractivity contribution in [2.24, 2.45) is 0 Å². The molecule has 0 unspecified atom stereocenters. The quantitative estimate of drug-likeness (QED) is 0.0200. The molecule has 7 nitrogen and oxygen atoms in total. The Morgan fingerprint density at radius 1 is 0.318 bits per heavy atom. The van der Waals surface area contributed by atoms with Gasteiger partial charge in [0.1, 0.15) is 0 Å². The summed E-state index contributed by atoms with van der Waals surface area (Å²) in [7, 11) is -4.67. The first kappa shape index (κ1) is 75.8. The SMILES string of the molecule is CCCCCCCCN(CCCCCCCC)C(=S)[S-].CCCCCCCCN(CCCCCCCC)C(=S)[S-].CCCCCCCCN(CCCCCCCC)C(=S)[S-].O=S(=O)(O)O.[Mo+3]. The van der Waals surface area contributed by atoms with Crippen LogP contribution in [0.1, 0.15) is 273 Å². The maximum Gasteiger partial charge on any atom is 3.00 e. The van der Waals surface area contributed by atoms with E-state index in [1.165, 1.54) is 231 Å². The van der Waals surface area contributed by atoms with Crippen LogP contribution in [0.4, 0.5) is 0 Å². The van der Waals surface area contributed by atoms with Gasteiger partial charge in [-0.3, -0.25) is 9.11 Å². The molecule has 0 aromatic heterocycles. The van der Waals surface area contributed by atoms with E-state index in [0.29, 0.717) is 13.0 Å². The van der Waals surface area contributed by atoms with E-state index in [9.17, 15) is 0 Å². The molecule has 0 aliphatic rings. The molecule has 0 rings (SSSR count). The van der Waals surface area contributed by atoms with Crippen molar-refractivity contribution in [3.63, 3.8) is 0 Å². The van der Waals surface area contributed by atoms with E-state index in [1.807, 2.05) is 0 Å². The van der Waals surface area contributed by atoms with Crippen LogP contribution in [0.3, 0.4) is 0 Å². The van der Waals surface area contributed by atoms with Gasteiger partial charge in [0, 0.05) is 39.3 Å². The minimum Gasteiger partial charge on any atom is -0.411 e. The standard InChI is InChI=1S/3C17H35NS2.Mo.H2O4S/c3*1-3-5-7-9-11-13-15-18(17(19)20)16-14-12-10-8-6-4-2;;1-5(2,3)4/h3*3-16H2,1-2H3,(H,19,20);;(H2,1,2,3,4)/q;;;+3;/p-3. The summed E-state index contributed by atoms with van der Waals surface area (Å²) in [5.74, 6) is 0. The topological polar surface area (TPSA) is 84.3 Å². The summed E-state index contributed by atoms with van der Waals surface area (Å²) in [5, 5.41) is 0. The Bertz CT molecular complexity index is 948. The van der Waals surface area contributed by atoms with Crippen LogP contribution in [-0.4, -0.2) is 84.5 Å². The zero-order chi connectivity index (χ0) is 49.7. The van der Waals surface area contributed by atoms with Gasteiger partial charge in [0.15, 0.2) is 0 Å². The molecule has 0 aliphatic heterocycles. The molecule has 0 atom stereocenters. The van der Waals surface area contributed by atoms with Gasteiger partial charge in [0.25, 0.3) is 0 Å². The van der Waals surface area contributed by atoms with Crippen LogP contribution in [0.15, 0.2) is 0 Å². The van der Waals surface area contributed by atoms with Crippen LogP contribution in [0, 0.1) is 0 Å². The monoisotopic (exact) mass is 1140 g/mol. The molecule has 1 radical (unpaired) electrons. The summed E-state index contributed by atoms with van der Waals surface area (Å²) in [6.07, 6.45) is 48.1. The summed E-state index contributed by atoms with van der Waals surface area (Å²) in [5.41, 5.74) is 0. The number of hydrogen-bond donors (Lipinski definition) is 2. The second-order valence-electron chi connectivity index (χ2n) is 17.8. The van der Waals surface area contributed by atoms with E-state index >= 15 is 0 Å². The molecule has 0 bridgehead atoms. The van der Waals surface area contributed by atoms with E-state index < -0.39 is 10.4 Å². The third-order valence-electron chi connectivity index (χ3n) is 11.5. The molecule has 0 fully saturated rings. The molecule has 66 heavy (non-hydrogen) atoms. The van der Waals surface area contributed by atoms with Gasteiger partial charge in [-0.15, -0.1) is 0 Å². The minimum atomic E-state index is -4.67. The Labute approximate surface area is 459 Å². The predicted molar refractivity (Wildman–Crippen MR) is 309 cm³/mol. The van der Waals surface area contributed by atoms with E-state index in [4.69, 9.17) is 92.1 Å². The molecule has 395 valence electrons. The zero-order valence-corrected chi connectivity index (χ0v) is 51.2. The van der Waals surface area contributed by atoms with E-state index in [-0.39, 0.29) is 21.1 Å². The molecule has 0 saturated heterocycles. The first-order valence-electron chi connectivity index (χ1n) is 26.7. The Morgan fingerprint density at radius 2 is 0.424 bits per heavy atom. The largest absolute Gasteiger partial charge is 3.00 e. The van der Waals surface area contributed by atoms with Crippen LogP contribution >= 0.6 is 36.7 Å². The molecule has 0 spiro atoms. The Kier molecular flexibility index (Phi) is 71.2. The summed E-state index contributed by atoms with van der Waals surface area (Å²) in [6.45, 7) is 20.0. The zero-order valence-electron chi connectivity index (χ0n) is 43.5. The maximum atomic E-state index is 8.74. The fraction of sp³-hybridized carbons (Fsp3) is 0.941. The number of rotatable bonds is 42. The molecule has 0 heterocycles. The molecule has 0 aromatic rings. The van der Waals surface area contributed by atoms with Crippen molar-refractivity contribution in [3.8, 4) is 0 Å². The Balaban J connectivity index is -0.000000265. The van der Waals surface area contributed by atoms with Gasteiger partial charge < -0.3 is 89.2 Å². The third-order valence-corrected chi connectivity index (χ3v) is 13.0. The summed E-state index contributed by atoms with van der Waals surface area (Å²) in [4.78, 5) is 6.72. The maximum absolute atomic E-state index is 8.74. The second-order valence-corrected chi connectivity index (χ2v) is 21.8. The minimum absolute atomic E-state index is 0. The van der Waals surface area contributed by atoms with Gasteiger partial charge >= 0.3 is 31.5 Å². The number of unbranched alkanes of at least 4 members (excludes halogenated alkanes) is 30. The van der Waals surface area contributed by atoms with Crippen molar-refractivity contribution in [1.29, 1.82) is 0 Å². The van der Waals surface area contributed by atoms with Crippen molar-refractivity contribution in [2.75, 3.05) is 39.3 Å². The second kappa shape index (κ2) is 62.0. The summed E-state index contributed by atoms with van der Waals surface area (Å²) >= 11 is 31.2. The van der Waals surface area contributed by atoms with Crippen LogP contribution in [0.5, 0.6) is 0 Å². The molecular weight excluding hydrogens is 1040 g/mol. The fourth-order valence-electron chi connectivity index (χ4n) is 7.38. The van der Waals surface area contributed by atoms with Gasteiger partial charge in [-0.2, -0.15) is 8.42 Å². The molecule has 15 heteroatoms. The average Bonchev–Trinajstić information content (AvgIpc) is 3.25. The van der Waals surface area contributed by atoms with E-state index in [0.717, 1.165) is 39.3 Å². The molecule has 0 aromatic carbocycles. The molecule has 2 N–H and O–H groups in total. The Hall–Kier alpha value is 0.888.